The van der Waals surface area contributed by atoms with Crippen LogP contribution in [0.2, 0.25) is 0 Å². The molecule has 1 rings (SSSR count). The van der Waals surface area contributed by atoms with Gasteiger partial charge in [0.1, 0.15) is 5.75 Å². The lowest BCUT2D eigenvalue weighted by Gasteiger charge is -1.94. The van der Waals surface area contributed by atoms with Gasteiger partial charge in [-0.3, -0.25) is 0 Å². The molecule has 0 unspecified atom stereocenters. The second-order valence-electron chi connectivity index (χ2n) is 2.17. The molecule has 2 heteroatoms. The molecule has 0 aliphatic heterocycles. The monoisotopic (exact) mass is 133 g/mol. The van der Waals surface area contributed by atoms with Crippen molar-refractivity contribution in [2.75, 3.05) is 0 Å². The molecule has 1 aromatic rings. The lowest BCUT2D eigenvalue weighted by atomic mass is 10.1. The first-order chi connectivity index (χ1) is 4.72. The molecular formula is C8H7NO. The molecule has 0 fully saturated rings. The van der Waals surface area contributed by atoms with Crippen LogP contribution in [0.5, 0.6) is 5.75 Å². The van der Waals surface area contributed by atoms with Crippen LogP contribution in [0.3, 0.4) is 0 Å². The van der Waals surface area contributed by atoms with Gasteiger partial charge < -0.3 is 5.11 Å². The molecule has 0 amide bonds. The van der Waals surface area contributed by atoms with Gasteiger partial charge in [0.15, 0.2) is 0 Å². The van der Waals surface area contributed by atoms with Crippen LogP contribution in [0, 0.1) is 18.3 Å². The number of nitriles is 1. The molecular weight excluding hydrogens is 126 g/mol. The van der Waals surface area contributed by atoms with Crippen molar-refractivity contribution in [2.24, 2.45) is 0 Å². The van der Waals surface area contributed by atoms with Crippen molar-refractivity contribution in [3.63, 3.8) is 0 Å². The molecule has 0 radical (unpaired) electrons. The normalized spacial score (nSPS) is 8.80. The maximum atomic E-state index is 8.97. The third-order valence-corrected chi connectivity index (χ3v) is 1.19. The first-order valence-electron chi connectivity index (χ1n) is 2.93. The zero-order chi connectivity index (χ0) is 7.56. The standard InChI is InChI=1S/C8H7NO/c1-6-2-7(5-9)4-8(10)3-6/h2-4,10H,1H3. The van der Waals surface area contributed by atoms with E-state index in [2.05, 4.69) is 0 Å². The molecule has 0 saturated carbocycles. The van der Waals surface area contributed by atoms with Crippen LogP contribution in [-0.4, -0.2) is 5.11 Å². The summed E-state index contributed by atoms with van der Waals surface area (Å²) in [7, 11) is 0. The zero-order valence-electron chi connectivity index (χ0n) is 5.63. The molecule has 1 N–H and O–H groups in total. The highest BCUT2D eigenvalue weighted by atomic mass is 16.3. The molecule has 1 aromatic carbocycles. The summed E-state index contributed by atoms with van der Waals surface area (Å²) in [5, 5.41) is 17.4. The van der Waals surface area contributed by atoms with Gasteiger partial charge in [0, 0.05) is 0 Å². The SMILES string of the molecule is Cc1cc(O)cc(C#N)c1. The number of hydrogen-bond donors (Lipinski definition) is 1. The summed E-state index contributed by atoms with van der Waals surface area (Å²) in [5.74, 6) is 0.150. The maximum absolute atomic E-state index is 8.97. The summed E-state index contributed by atoms with van der Waals surface area (Å²) in [6, 6.07) is 6.72. The highest BCUT2D eigenvalue weighted by molar-refractivity contribution is 5.39. The average Bonchev–Trinajstić information content (AvgIpc) is 1.85. The predicted octanol–water partition coefficient (Wildman–Crippen LogP) is 1.57. The fourth-order valence-corrected chi connectivity index (χ4v) is 0.827. The number of benzene rings is 1. The van der Waals surface area contributed by atoms with E-state index in [-0.39, 0.29) is 5.75 Å². The van der Waals surface area contributed by atoms with E-state index < -0.39 is 0 Å². The van der Waals surface area contributed by atoms with E-state index in [1.54, 1.807) is 12.1 Å². The Bertz CT molecular complexity index is 266. The molecule has 2 nitrogen and oxygen atoms in total. The fraction of sp³-hybridized carbons (Fsp3) is 0.125. The minimum atomic E-state index is 0.150. The van der Waals surface area contributed by atoms with Crippen LogP contribution in [0.4, 0.5) is 0 Å². The summed E-state index contributed by atoms with van der Waals surface area (Å²) >= 11 is 0. The molecule has 10 heavy (non-hydrogen) atoms. The zero-order valence-corrected chi connectivity index (χ0v) is 5.63. The maximum Gasteiger partial charge on any atom is 0.117 e. The molecule has 0 aliphatic carbocycles. The van der Waals surface area contributed by atoms with E-state index in [4.69, 9.17) is 10.4 Å². The number of phenolic OH excluding ortho intramolecular Hbond substituents is 1. The number of aryl methyl sites for hydroxylation is 1. The van der Waals surface area contributed by atoms with Crippen LogP contribution in [-0.2, 0) is 0 Å². The van der Waals surface area contributed by atoms with Crippen molar-refractivity contribution in [3.05, 3.63) is 29.3 Å². The lowest BCUT2D eigenvalue weighted by molar-refractivity contribution is 0.474. The molecule has 0 bridgehead atoms. The van der Waals surface area contributed by atoms with Crippen molar-refractivity contribution in [1.82, 2.24) is 0 Å². The van der Waals surface area contributed by atoms with Gasteiger partial charge in [0.25, 0.3) is 0 Å². The smallest absolute Gasteiger partial charge is 0.117 e. The Labute approximate surface area is 59.3 Å². The average molecular weight is 133 g/mol. The number of rotatable bonds is 0. The Morgan fingerprint density at radius 1 is 1.40 bits per heavy atom. The van der Waals surface area contributed by atoms with E-state index in [0.29, 0.717) is 5.56 Å². The van der Waals surface area contributed by atoms with E-state index >= 15 is 0 Å². The number of hydrogen-bond acceptors (Lipinski definition) is 2. The third-order valence-electron chi connectivity index (χ3n) is 1.19. The molecule has 0 aromatic heterocycles. The molecule has 0 atom stereocenters. The summed E-state index contributed by atoms with van der Waals surface area (Å²) < 4.78 is 0. The van der Waals surface area contributed by atoms with Gasteiger partial charge in [-0.05, 0) is 30.7 Å². The Morgan fingerprint density at radius 3 is 2.60 bits per heavy atom. The van der Waals surface area contributed by atoms with Crippen LogP contribution >= 0.6 is 0 Å². The molecule has 0 heterocycles. The largest absolute Gasteiger partial charge is 0.508 e. The minimum absolute atomic E-state index is 0.150. The highest BCUT2D eigenvalue weighted by Gasteiger charge is 1.93. The topological polar surface area (TPSA) is 44.0 Å². The summed E-state index contributed by atoms with van der Waals surface area (Å²) in [6.07, 6.45) is 0. The third kappa shape index (κ3) is 1.26. The van der Waals surface area contributed by atoms with Crippen molar-refractivity contribution in [2.45, 2.75) is 6.92 Å². The van der Waals surface area contributed by atoms with Gasteiger partial charge in [-0.25, -0.2) is 0 Å². The van der Waals surface area contributed by atoms with Crippen molar-refractivity contribution in [3.8, 4) is 11.8 Å². The highest BCUT2D eigenvalue weighted by Crippen LogP contribution is 2.13. The van der Waals surface area contributed by atoms with E-state index in [9.17, 15) is 0 Å². The second-order valence-corrected chi connectivity index (χ2v) is 2.17. The Morgan fingerprint density at radius 2 is 2.10 bits per heavy atom. The van der Waals surface area contributed by atoms with Crippen LogP contribution in [0.1, 0.15) is 11.1 Å². The first kappa shape index (κ1) is 6.63. The first-order valence-corrected chi connectivity index (χ1v) is 2.93. The number of aromatic hydroxyl groups is 1. The Balaban J connectivity index is 3.22. The number of phenols is 1. The van der Waals surface area contributed by atoms with Crippen molar-refractivity contribution in [1.29, 1.82) is 5.26 Å². The van der Waals surface area contributed by atoms with Gasteiger partial charge in [-0.1, -0.05) is 0 Å². The van der Waals surface area contributed by atoms with Crippen molar-refractivity contribution < 1.29 is 5.11 Å². The Hall–Kier alpha value is -1.49. The minimum Gasteiger partial charge on any atom is -0.508 e. The van der Waals surface area contributed by atoms with Gasteiger partial charge >= 0.3 is 0 Å². The van der Waals surface area contributed by atoms with Gasteiger partial charge in [0.2, 0.25) is 0 Å². The van der Waals surface area contributed by atoms with Crippen LogP contribution in [0.15, 0.2) is 18.2 Å². The second kappa shape index (κ2) is 2.40. The van der Waals surface area contributed by atoms with E-state index in [1.165, 1.54) is 6.07 Å². The fourth-order valence-electron chi connectivity index (χ4n) is 0.827. The Kier molecular flexibility index (Phi) is 1.59. The van der Waals surface area contributed by atoms with Crippen LogP contribution < -0.4 is 0 Å². The van der Waals surface area contributed by atoms with Gasteiger partial charge in [-0.15, -0.1) is 0 Å². The lowest BCUT2D eigenvalue weighted by Crippen LogP contribution is -1.76. The summed E-state index contributed by atoms with van der Waals surface area (Å²) in [6.45, 7) is 1.83. The van der Waals surface area contributed by atoms with Crippen LogP contribution in [0.25, 0.3) is 0 Å². The van der Waals surface area contributed by atoms with Gasteiger partial charge in [-0.2, -0.15) is 5.26 Å². The molecule has 0 spiro atoms. The number of nitrogens with zero attached hydrogens (tertiary/aromatic N) is 1. The quantitative estimate of drug-likeness (QED) is 0.583. The van der Waals surface area contributed by atoms with E-state index in [0.717, 1.165) is 5.56 Å². The molecule has 50 valence electrons. The predicted molar refractivity (Wildman–Crippen MR) is 37.6 cm³/mol. The van der Waals surface area contributed by atoms with Crippen molar-refractivity contribution >= 4 is 0 Å². The van der Waals surface area contributed by atoms with Gasteiger partial charge in [0.05, 0.1) is 11.6 Å². The summed E-state index contributed by atoms with van der Waals surface area (Å²) in [4.78, 5) is 0. The summed E-state index contributed by atoms with van der Waals surface area (Å²) in [5.41, 5.74) is 1.40. The molecule has 0 aliphatic rings. The molecule has 0 saturated heterocycles. The van der Waals surface area contributed by atoms with E-state index in [1.807, 2.05) is 13.0 Å².